The van der Waals surface area contributed by atoms with Crippen LogP contribution >= 0.6 is 15.6 Å². The fourth-order valence-corrected chi connectivity index (χ4v) is 15.6. The van der Waals surface area contributed by atoms with Crippen LogP contribution in [0.5, 0.6) is 0 Å². The van der Waals surface area contributed by atoms with Gasteiger partial charge in [0.15, 0.2) is 12.2 Å². The van der Waals surface area contributed by atoms with E-state index in [0.717, 1.165) is 114 Å². The summed E-state index contributed by atoms with van der Waals surface area (Å²) in [5.41, 5.74) is 0. The predicted molar refractivity (Wildman–Crippen MR) is 451 cm³/mol. The molecule has 0 fully saturated rings. The van der Waals surface area contributed by atoms with E-state index in [4.69, 9.17) is 37.0 Å². The third-order valence-electron chi connectivity index (χ3n) is 21.5. The van der Waals surface area contributed by atoms with Crippen molar-refractivity contribution in [3.05, 3.63) is 0 Å². The summed E-state index contributed by atoms with van der Waals surface area (Å²) in [6, 6.07) is 0. The number of hydrogen-bond donors (Lipinski definition) is 3. The van der Waals surface area contributed by atoms with Gasteiger partial charge in [-0.1, -0.05) is 427 Å². The van der Waals surface area contributed by atoms with E-state index in [9.17, 15) is 43.2 Å². The molecule has 0 aromatic heterocycles. The molecule has 0 heterocycles. The first kappa shape index (κ1) is 107. The van der Waals surface area contributed by atoms with Gasteiger partial charge in [0.05, 0.1) is 26.4 Å². The molecule has 0 aliphatic rings. The van der Waals surface area contributed by atoms with Crippen molar-refractivity contribution in [1.29, 1.82) is 0 Å². The minimum absolute atomic E-state index is 0.107. The molecule has 3 N–H and O–H groups in total. The first-order chi connectivity index (χ1) is 52.8. The van der Waals surface area contributed by atoms with Gasteiger partial charge in [0.25, 0.3) is 0 Å². The molecule has 17 nitrogen and oxygen atoms in total. The molecule has 0 rings (SSSR count). The summed E-state index contributed by atoms with van der Waals surface area (Å²) in [6.45, 7) is 12.0. The largest absolute Gasteiger partial charge is 0.472 e. The van der Waals surface area contributed by atoms with E-state index in [1.54, 1.807) is 0 Å². The molecular weight excluding hydrogens is 1410 g/mol. The summed E-state index contributed by atoms with van der Waals surface area (Å²) in [7, 11) is -9.92. The van der Waals surface area contributed by atoms with Crippen LogP contribution in [0.4, 0.5) is 0 Å². The Bertz CT molecular complexity index is 2100. The molecule has 0 amide bonds. The number of carbonyl (C=O) groups excluding carboxylic acids is 4. The highest BCUT2D eigenvalue weighted by molar-refractivity contribution is 7.47. The summed E-state index contributed by atoms with van der Waals surface area (Å²) < 4.78 is 68.7. The average Bonchev–Trinajstić information content (AvgIpc) is 0.899. The van der Waals surface area contributed by atoms with E-state index in [1.807, 2.05) is 0 Å². The Hall–Kier alpha value is -1.94. The lowest BCUT2D eigenvalue weighted by Gasteiger charge is -2.21. The Morgan fingerprint density at radius 1 is 0.266 bits per heavy atom. The molecule has 109 heavy (non-hydrogen) atoms. The molecule has 0 aromatic carbocycles. The van der Waals surface area contributed by atoms with E-state index in [-0.39, 0.29) is 25.7 Å². The number of aliphatic hydroxyl groups is 1. The highest BCUT2D eigenvalue weighted by Gasteiger charge is 2.31. The lowest BCUT2D eigenvalue weighted by molar-refractivity contribution is -0.161. The molecule has 648 valence electrons. The molecule has 3 unspecified atom stereocenters. The number of ether oxygens (including phenoxy) is 4. The second-order valence-electron chi connectivity index (χ2n) is 33.5. The standard InChI is InChI=1S/C90H176O17P2/c1-8-10-11-54-64-71-87(92)100-77-85(106-89(94)73-66-59-52-46-40-34-28-22-16-13-19-25-31-37-43-49-56-62-69-82(5)6)79-104-108(96,97)102-75-84(91)76-103-109(98,99)105-80-86(78-101-88(93)72-65-58-51-45-39-33-27-21-15-12-18-24-30-36-42-48-55-61-68-81(3)4)107-90(95)74-67-60-53-47-41-35-29-23-17-14-20-26-32-38-44-50-57-63-70-83(7)9-2/h81-86,91H,8-80H2,1-7H3,(H,96,97)(H,98,99)/t83?,84-,85+,86+/m0/s1. The van der Waals surface area contributed by atoms with Gasteiger partial charge in [0.1, 0.15) is 19.3 Å². The Labute approximate surface area is 670 Å². The highest BCUT2D eigenvalue weighted by atomic mass is 31.2. The predicted octanol–water partition coefficient (Wildman–Crippen LogP) is 27.6. The quantitative estimate of drug-likeness (QED) is 0.0222. The molecule has 0 radical (unpaired) electrons. The fourth-order valence-electron chi connectivity index (χ4n) is 14.0. The minimum Gasteiger partial charge on any atom is -0.462 e. The first-order valence-electron chi connectivity index (χ1n) is 46.4. The minimum atomic E-state index is -4.97. The maximum atomic E-state index is 13.2. The van der Waals surface area contributed by atoms with Crippen LogP contribution in [0.1, 0.15) is 479 Å². The molecule has 0 saturated carbocycles. The van der Waals surface area contributed by atoms with Gasteiger partial charge in [-0.15, -0.1) is 0 Å². The summed E-state index contributed by atoms with van der Waals surface area (Å²) in [6.07, 6.45) is 72.8. The van der Waals surface area contributed by atoms with Crippen LogP contribution in [-0.4, -0.2) is 96.7 Å². The van der Waals surface area contributed by atoms with Crippen LogP contribution in [0.15, 0.2) is 0 Å². The molecule has 0 aromatic rings. The maximum absolute atomic E-state index is 13.2. The van der Waals surface area contributed by atoms with Crippen molar-refractivity contribution in [3.8, 4) is 0 Å². The third kappa shape index (κ3) is 82.4. The van der Waals surface area contributed by atoms with Crippen molar-refractivity contribution >= 4 is 39.5 Å². The number of hydrogen-bond acceptors (Lipinski definition) is 15. The van der Waals surface area contributed by atoms with Crippen LogP contribution < -0.4 is 0 Å². The lowest BCUT2D eigenvalue weighted by Crippen LogP contribution is -2.30. The first-order valence-corrected chi connectivity index (χ1v) is 49.4. The molecule has 0 bridgehead atoms. The number of carbonyl (C=O) groups is 4. The van der Waals surface area contributed by atoms with Crippen molar-refractivity contribution < 1.29 is 80.2 Å². The zero-order valence-corrected chi connectivity index (χ0v) is 73.8. The monoisotopic (exact) mass is 1590 g/mol. The zero-order valence-electron chi connectivity index (χ0n) is 72.0. The Morgan fingerprint density at radius 3 is 0.697 bits per heavy atom. The highest BCUT2D eigenvalue weighted by Crippen LogP contribution is 2.45. The number of phosphoric ester groups is 2. The summed E-state index contributed by atoms with van der Waals surface area (Å²) >= 11 is 0. The third-order valence-corrected chi connectivity index (χ3v) is 23.4. The van der Waals surface area contributed by atoms with Gasteiger partial charge in [-0.25, -0.2) is 9.13 Å². The van der Waals surface area contributed by atoms with Gasteiger partial charge in [-0.05, 0) is 43.4 Å². The summed E-state index contributed by atoms with van der Waals surface area (Å²) in [4.78, 5) is 73.0. The van der Waals surface area contributed by atoms with E-state index < -0.39 is 97.5 Å². The molecule has 0 spiro atoms. The van der Waals surface area contributed by atoms with Crippen LogP contribution in [0.25, 0.3) is 0 Å². The van der Waals surface area contributed by atoms with Gasteiger partial charge in [-0.2, -0.15) is 0 Å². The average molecular weight is 1590 g/mol. The van der Waals surface area contributed by atoms with E-state index in [2.05, 4.69) is 48.5 Å². The molecule has 0 aliphatic heterocycles. The Morgan fingerprint density at radius 2 is 0.468 bits per heavy atom. The second kappa shape index (κ2) is 79.9. The smallest absolute Gasteiger partial charge is 0.462 e. The molecule has 0 aliphatic carbocycles. The second-order valence-corrected chi connectivity index (χ2v) is 36.4. The van der Waals surface area contributed by atoms with Crippen LogP contribution in [-0.2, 0) is 65.4 Å². The molecular formula is C90H176O17P2. The van der Waals surface area contributed by atoms with Gasteiger partial charge in [0.2, 0.25) is 0 Å². The van der Waals surface area contributed by atoms with Gasteiger partial charge >= 0.3 is 39.5 Å². The van der Waals surface area contributed by atoms with Crippen LogP contribution in [0.2, 0.25) is 0 Å². The maximum Gasteiger partial charge on any atom is 0.472 e. The van der Waals surface area contributed by atoms with Gasteiger partial charge in [-0.3, -0.25) is 37.3 Å². The number of aliphatic hydroxyl groups excluding tert-OH is 1. The lowest BCUT2D eigenvalue weighted by atomic mass is 9.99. The molecule has 19 heteroatoms. The molecule has 6 atom stereocenters. The van der Waals surface area contributed by atoms with Crippen molar-refractivity contribution in [2.75, 3.05) is 39.6 Å². The van der Waals surface area contributed by atoms with Crippen molar-refractivity contribution in [2.45, 2.75) is 497 Å². The number of unbranched alkanes of at least 4 members (excludes halogenated alkanes) is 55. The van der Waals surface area contributed by atoms with E-state index in [1.165, 1.54) is 283 Å². The van der Waals surface area contributed by atoms with Gasteiger partial charge < -0.3 is 33.8 Å². The zero-order chi connectivity index (χ0) is 80.0. The Balaban J connectivity index is 5.08. The van der Waals surface area contributed by atoms with Crippen molar-refractivity contribution in [2.24, 2.45) is 17.8 Å². The fraction of sp³-hybridized carbons (Fsp3) is 0.956. The molecule has 0 saturated heterocycles. The number of esters is 4. The van der Waals surface area contributed by atoms with Crippen molar-refractivity contribution in [3.63, 3.8) is 0 Å². The summed E-state index contributed by atoms with van der Waals surface area (Å²) in [5.74, 6) is 0.403. The van der Waals surface area contributed by atoms with E-state index >= 15 is 0 Å². The SMILES string of the molecule is CCCCCCCC(=O)OC[C@H](COP(=O)(O)OC[C@H](O)COP(=O)(O)OC[C@@H](COC(=O)CCCCCCCCCCCCCCCCCCCCC(C)C)OC(=O)CCCCCCCCCCCCCCCCCCCCC(C)CC)OC(=O)CCCCCCCCCCCCCCCCCCCCC(C)C. The van der Waals surface area contributed by atoms with Crippen LogP contribution in [0.3, 0.4) is 0 Å². The van der Waals surface area contributed by atoms with Crippen molar-refractivity contribution in [1.82, 2.24) is 0 Å². The number of phosphoric acid groups is 2. The Kier molecular flexibility index (Phi) is 78.5. The summed E-state index contributed by atoms with van der Waals surface area (Å²) in [5, 5.41) is 10.7. The van der Waals surface area contributed by atoms with Gasteiger partial charge in [0, 0.05) is 25.7 Å². The number of rotatable bonds is 88. The topological polar surface area (TPSA) is 237 Å². The van der Waals surface area contributed by atoms with E-state index in [0.29, 0.717) is 25.7 Å². The normalized spacial score (nSPS) is 14.1. The van der Waals surface area contributed by atoms with Crippen LogP contribution in [0, 0.1) is 17.8 Å².